The standard InChI is InChI=1S/C18H15N5O.2ClH/c24-18(13-4-2-1-3-5-13)20-11-17-21-15-7-6-14(10-16(15)22-17)23-9-8-19-12-23;;/h1-10,12H,11H2,(H,20,24)(H,21,22);2*1H. The summed E-state index contributed by atoms with van der Waals surface area (Å²) in [6.07, 6.45) is 5.37. The first-order valence-electron chi connectivity index (χ1n) is 7.60. The topological polar surface area (TPSA) is 75.6 Å². The van der Waals surface area contributed by atoms with Crippen molar-refractivity contribution >= 4 is 41.8 Å². The zero-order valence-corrected chi connectivity index (χ0v) is 15.3. The van der Waals surface area contributed by atoms with Gasteiger partial charge >= 0.3 is 0 Å². The van der Waals surface area contributed by atoms with E-state index in [2.05, 4.69) is 20.3 Å². The van der Waals surface area contributed by atoms with Crippen molar-refractivity contribution < 1.29 is 4.79 Å². The summed E-state index contributed by atoms with van der Waals surface area (Å²) in [6, 6.07) is 15.1. The number of hydrogen-bond donors (Lipinski definition) is 2. The van der Waals surface area contributed by atoms with E-state index < -0.39 is 0 Å². The molecule has 2 heterocycles. The van der Waals surface area contributed by atoms with Crippen LogP contribution < -0.4 is 5.32 Å². The van der Waals surface area contributed by atoms with E-state index >= 15 is 0 Å². The largest absolute Gasteiger partial charge is 0.345 e. The molecule has 0 aliphatic carbocycles. The van der Waals surface area contributed by atoms with Gasteiger partial charge in [0.25, 0.3) is 5.91 Å². The molecule has 4 aromatic rings. The lowest BCUT2D eigenvalue weighted by atomic mass is 10.2. The van der Waals surface area contributed by atoms with Crippen molar-refractivity contribution in [2.45, 2.75) is 6.54 Å². The fourth-order valence-corrected chi connectivity index (χ4v) is 2.56. The van der Waals surface area contributed by atoms with Crippen molar-refractivity contribution in [2.75, 3.05) is 0 Å². The van der Waals surface area contributed by atoms with Gasteiger partial charge < -0.3 is 14.9 Å². The van der Waals surface area contributed by atoms with Gasteiger partial charge in [-0.15, -0.1) is 24.8 Å². The Morgan fingerprint density at radius 2 is 1.92 bits per heavy atom. The van der Waals surface area contributed by atoms with Crippen LogP contribution in [0.3, 0.4) is 0 Å². The van der Waals surface area contributed by atoms with Gasteiger partial charge in [-0.05, 0) is 30.3 Å². The summed E-state index contributed by atoms with van der Waals surface area (Å²) >= 11 is 0. The van der Waals surface area contributed by atoms with Crippen LogP contribution in [0.4, 0.5) is 0 Å². The number of carbonyl (C=O) groups excluding carboxylic acids is 1. The fraction of sp³-hybridized carbons (Fsp3) is 0.0556. The van der Waals surface area contributed by atoms with Crippen LogP contribution in [0.1, 0.15) is 16.2 Å². The second-order valence-electron chi connectivity index (χ2n) is 5.40. The van der Waals surface area contributed by atoms with Crippen LogP contribution in [0.15, 0.2) is 67.3 Å². The number of nitrogens with one attached hydrogen (secondary N) is 2. The number of imidazole rings is 2. The Bertz CT molecular complexity index is 983. The second kappa shape index (κ2) is 8.51. The van der Waals surface area contributed by atoms with E-state index in [4.69, 9.17) is 0 Å². The van der Waals surface area contributed by atoms with Crippen molar-refractivity contribution in [2.24, 2.45) is 0 Å². The lowest BCUT2D eigenvalue weighted by molar-refractivity contribution is 0.0950. The number of halogens is 2. The summed E-state index contributed by atoms with van der Waals surface area (Å²) in [5.74, 6) is 0.604. The zero-order chi connectivity index (χ0) is 16.4. The maximum Gasteiger partial charge on any atom is 0.251 e. The minimum Gasteiger partial charge on any atom is -0.345 e. The van der Waals surface area contributed by atoms with E-state index in [1.165, 1.54) is 0 Å². The first-order valence-corrected chi connectivity index (χ1v) is 7.60. The van der Waals surface area contributed by atoms with Gasteiger partial charge in [0.2, 0.25) is 0 Å². The minimum absolute atomic E-state index is 0. The molecule has 0 spiro atoms. The molecule has 0 saturated carbocycles. The molecule has 134 valence electrons. The van der Waals surface area contributed by atoms with Crippen molar-refractivity contribution in [3.63, 3.8) is 0 Å². The molecule has 0 saturated heterocycles. The fourth-order valence-electron chi connectivity index (χ4n) is 2.56. The third-order valence-corrected chi connectivity index (χ3v) is 3.77. The van der Waals surface area contributed by atoms with Gasteiger partial charge in [-0.1, -0.05) is 18.2 Å². The molecule has 26 heavy (non-hydrogen) atoms. The number of fused-ring (bicyclic) bond motifs is 1. The van der Waals surface area contributed by atoms with E-state index in [1.54, 1.807) is 24.7 Å². The molecule has 2 aromatic carbocycles. The number of rotatable bonds is 4. The molecule has 1 amide bonds. The van der Waals surface area contributed by atoms with Gasteiger partial charge in [0.15, 0.2) is 0 Å². The number of benzene rings is 2. The molecule has 8 heteroatoms. The van der Waals surface area contributed by atoms with E-state index in [0.29, 0.717) is 12.1 Å². The van der Waals surface area contributed by atoms with Crippen LogP contribution >= 0.6 is 24.8 Å². The number of H-pyrrole nitrogens is 1. The predicted octanol–water partition coefficient (Wildman–Crippen LogP) is 3.52. The van der Waals surface area contributed by atoms with E-state index in [0.717, 1.165) is 22.5 Å². The quantitative estimate of drug-likeness (QED) is 0.560. The van der Waals surface area contributed by atoms with E-state index in [-0.39, 0.29) is 30.7 Å². The van der Waals surface area contributed by atoms with Crippen molar-refractivity contribution in [3.05, 3.63) is 78.6 Å². The lowest BCUT2D eigenvalue weighted by Crippen LogP contribution is -2.23. The highest BCUT2D eigenvalue weighted by molar-refractivity contribution is 5.94. The smallest absolute Gasteiger partial charge is 0.251 e. The number of aromatic nitrogens is 4. The molecular weight excluding hydrogens is 373 g/mol. The molecule has 0 radical (unpaired) electrons. The summed E-state index contributed by atoms with van der Waals surface area (Å²) in [4.78, 5) is 23.9. The lowest BCUT2D eigenvalue weighted by Gasteiger charge is -2.02. The third kappa shape index (κ3) is 4.04. The summed E-state index contributed by atoms with van der Waals surface area (Å²) < 4.78 is 1.93. The monoisotopic (exact) mass is 389 g/mol. The van der Waals surface area contributed by atoms with Gasteiger partial charge in [0, 0.05) is 23.6 Å². The average molecular weight is 390 g/mol. The Balaban J connectivity index is 0.00000121. The summed E-state index contributed by atoms with van der Waals surface area (Å²) in [6.45, 7) is 0.350. The maximum atomic E-state index is 12.1. The van der Waals surface area contributed by atoms with Crippen LogP contribution in [0.25, 0.3) is 16.7 Å². The molecule has 4 rings (SSSR count). The third-order valence-electron chi connectivity index (χ3n) is 3.77. The van der Waals surface area contributed by atoms with E-state index in [1.807, 2.05) is 47.2 Å². The average Bonchev–Trinajstić information content (AvgIpc) is 3.29. The first kappa shape index (κ1) is 19.5. The molecule has 2 aromatic heterocycles. The van der Waals surface area contributed by atoms with Gasteiger partial charge in [0.1, 0.15) is 5.82 Å². The highest BCUT2D eigenvalue weighted by Crippen LogP contribution is 2.16. The first-order chi connectivity index (χ1) is 11.8. The molecule has 0 unspecified atom stereocenters. The number of carbonyl (C=O) groups is 1. The Morgan fingerprint density at radius 1 is 1.12 bits per heavy atom. The van der Waals surface area contributed by atoms with Gasteiger partial charge in [-0.3, -0.25) is 4.79 Å². The molecule has 6 nitrogen and oxygen atoms in total. The number of nitrogens with zero attached hydrogens (tertiary/aromatic N) is 3. The Labute approximate surface area is 162 Å². The van der Waals surface area contributed by atoms with Crippen LogP contribution in [0, 0.1) is 0 Å². The Morgan fingerprint density at radius 3 is 2.65 bits per heavy atom. The normalized spacial score (nSPS) is 10.0. The Hall–Kier alpha value is -2.83. The molecule has 0 fully saturated rings. The minimum atomic E-state index is -0.116. The zero-order valence-electron chi connectivity index (χ0n) is 13.6. The van der Waals surface area contributed by atoms with Crippen LogP contribution in [-0.4, -0.2) is 25.4 Å². The van der Waals surface area contributed by atoms with Crippen LogP contribution in [0.5, 0.6) is 0 Å². The molecule has 0 aliphatic heterocycles. The molecule has 2 N–H and O–H groups in total. The van der Waals surface area contributed by atoms with Crippen molar-refractivity contribution in [3.8, 4) is 5.69 Å². The predicted molar refractivity (Wildman–Crippen MR) is 105 cm³/mol. The van der Waals surface area contributed by atoms with Gasteiger partial charge in [0.05, 0.1) is 23.9 Å². The van der Waals surface area contributed by atoms with E-state index in [9.17, 15) is 4.79 Å². The van der Waals surface area contributed by atoms with Gasteiger partial charge in [-0.2, -0.15) is 0 Å². The van der Waals surface area contributed by atoms with Crippen molar-refractivity contribution in [1.29, 1.82) is 0 Å². The molecule has 0 bridgehead atoms. The molecular formula is C18H17Cl2N5O. The molecule has 0 atom stereocenters. The molecule has 0 aliphatic rings. The summed E-state index contributed by atoms with van der Waals surface area (Å²) in [7, 11) is 0. The van der Waals surface area contributed by atoms with Gasteiger partial charge in [-0.25, -0.2) is 9.97 Å². The Kier molecular flexibility index (Phi) is 6.38. The summed E-state index contributed by atoms with van der Waals surface area (Å²) in [5.41, 5.74) is 3.42. The number of amides is 1. The number of aromatic amines is 1. The SMILES string of the molecule is Cl.Cl.O=C(NCc1nc2ccc(-n3ccnc3)cc2[nH]1)c1ccccc1. The summed E-state index contributed by atoms with van der Waals surface area (Å²) in [5, 5.41) is 2.87. The number of hydrogen-bond acceptors (Lipinski definition) is 3. The van der Waals surface area contributed by atoms with Crippen molar-refractivity contribution in [1.82, 2.24) is 24.8 Å². The van der Waals surface area contributed by atoms with Crippen LogP contribution in [-0.2, 0) is 6.54 Å². The highest BCUT2D eigenvalue weighted by Gasteiger charge is 2.08. The maximum absolute atomic E-state index is 12.1. The van der Waals surface area contributed by atoms with Crippen LogP contribution in [0.2, 0.25) is 0 Å². The highest BCUT2D eigenvalue weighted by atomic mass is 35.5. The second-order valence-corrected chi connectivity index (χ2v) is 5.40.